The predicted molar refractivity (Wildman–Crippen MR) is 89.3 cm³/mol. The Kier molecular flexibility index (Phi) is 8.11. The molecule has 0 aliphatic carbocycles. The number of carboxylic acid groups (broad SMARTS) is 1. The lowest BCUT2D eigenvalue weighted by atomic mass is 9.78. The summed E-state index contributed by atoms with van der Waals surface area (Å²) in [6, 6.07) is 3.72. The molecule has 0 saturated heterocycles. The van der Waals surface area contributed by atoms with Gasteiger partial charge in [-0.05, 0) is 24.0 Å². The second-order valence-electron chi connectivity index (χ2n) is 6.04. The molecule has 0 aliphatic heterocycles. The summed E-state index contributed by atoms with van der Waals surface area (Å²) in [5.74, 6) is 4.97. The summed E-state index contributed by atoms with van der Waals surface area (Å²) in [7, 11) is 1.58. The Morgan fingerprint density at radius 2 is 2.05 bits per heavy atom. The van der Waals surface area contributed by atoms with Crippen molar-refractivity contribution in [1.29, 1.82) is 0 Å². The molecule has 0 amide bonds. The highest BCUT2D eigenvalue weighted by Gasteiger charge is 2.32. The zero-order chi connectivity index (χ0) is 17.3. The molecule has 0 bridgehead atoms. The lowest BCUT2D eigenvalue weighted by molar-refractivity contribution is -0.145. The van der Waals surface area contributed by atoms with Crippen molar-refractivity contribution < 1.29 is 9.90 Å². The molecule has 22 heavy (non-hydrogen) atoms. The van der Waals surface area contributed by atoms with Gasteiger partial charge in [-0.2, -0.15) is 0 Å². The van der Waals surface area contributed by atoms with Gasteiger partial charge in [0.05, 0.1) is 5.92 Å². The van der Waals surface area contributed by atoms with Crippen LogP contribution in [0.15, 0.2) is 23.3 Å². The SMILES string of the molecule is CN=C(C[C@@H](C(=O)O)C(C)(C)C)NN.Cc1ccc(N)nc1. The summed E-state index contributed by atoms with van der Waals surface area (Å²) in [4.78, 5) is 18.7. The summed E-state index contributed by atoms with van der Waals surface area (Å²) in [6.45, 7) is 7.63. The van der Waals surface area contributed by atoms with Gasteiger partial charge in [0.15, 0.2) is 0 Å². The van der Waals surface area contributed by atoms with Crippen molar-refractivity contribution in [3.63, 3.8) is 0 Å². The molecule has 0 fully saturated rings. The number of carboxylic acids is 1. The van der Waals surface area contributed by atoms with Gasteiger partial charge in [-0.25, -0.2) is 10.8 Å². The van der Waals surface area contributed by atoms with E-state index in [4.69, 9.17) is 16.7 Å². The number of rotatable bonds is 3. The fourth-order valence-electron chi connectivity index (χ4n) is 1.65. The molecular formula is C15H27N5O2. The summed E-state index contributed by atoms with van der Waals surface area (Å²) < 4.78 is 0. The highest BCUT2D eigenvalue weighted by molar-refractivity contribution is 5.86. The Morgan fingerprint density at radius 1 is 1.45 bits per heavy atom. The van der Waals surface area contributed by atoms with Crippen molar-refractivity contribution in [3.8, 4) is 0 Å². The average molecular weight is 309 g/mol. The van der Waals surface area contributed by atoms with Crippen LogP contribution >= 0.6 is 0 Å². The van der Waals surface area contributed by atoms with E-state index in [0.717, 1.165) is 5.56 Å². The Morgan fingerprint density at radius 3 is 2.32 bits per heavy atom. The third-order valence-electron chi connectivity index (χ3n) is 3.11. The molecule has 7 heteroatoms. The minimum Gasteiger partial charge on any atom is -0.481 e. The van der Waals surface area contributed by atoms with Crippen LogP contribution in [-0.4, -0.2) is 28.9 Å². The van der Waals surface area contributed by atoms with E-state index >= 15 is 0 Å². The maximum absolute atomic E-state index is 11.0. The van der Waals surface area contributed by atoms with E-state index < -0.39 is 11.9 Å². The fraction of sp³-hybridized carbons (Fsp3) is 0.533. The third-order valence-corrected chi connectivity index (χ3v) is 3.11. The number of aliphatic carboxylic acids is 1. The minimum atomic E-state index is -0.825. The molecule has 0 saturated carbocycles. The number of aliphatic imine (C=N–C) groups is 1. The van der Waals surface area contributed by atoms with Crippen molar-refractivity contribution >= 4 is 17.6 Å². The molecule has 124 valence electrons. The molecular weight excluding hydrogens is 282 g/mol. The van der Waals surface area contributed by atoms with Crippen LogP contribution in [0.1, 0.15) is 32.8 Å². The molecule has 1 atom stereocenters. The number of aryl methyl sites for hydroxylation is 1. The van der Waals surface area contributed by atoms with Crippen LogP contribution < -0.4 is 17.0 Å². The van der Waals surface area contributed by atoms with Crippen molar-refractivity contribution in [2.24, 2.45) is 22.2 Å². The van der Waals surface area contributed by atoms with E-state index in [1.807, 2.05) is 33.8 Å². The first-order chi connectivity index (χ1) is 10.1. The van der Waals surface area contributed by atoms with E-state index in [1.54, 1.807) is 19.3 Å². The van der Waals surface area contributed by atoms with Crippen LogP contribution in [0, 0.1) is 18.3 Å². The average Bonchev–Trinajstić information content (AvgIpc) is 2.42. The zero-order valence-corrected chi connectivity index (χ0v) is 13.9. The van der Waals surface area contributed by atoms with E-state index in [1.165, 1.54) is 0 Å². The van der Waals surface area contributed by atoms with Crippen LogP contribution in [0.4, 0.5) is 5.82 Å². The number of amidine groups is 1. The molecule has 0 spiro atoms. The number of pyridine rings is 1. The smallest absolute Gasteiger partial charge is 0.307 e. The fourth-order valence-corrected chi connectivity index (χ4v) is 1.65. The van der Waals surface area contributed by atoms with Gasteiger partial charge in [-0.15, -0.1) is 0 Å². The number of carbonyl (C=O) groups is 1. The first-order valence-electron chi connectivity index (χ1n) is 6.95. The van der Waals surface area contributed by atoms with E-state index in [-0.39, 0.29) is 5.41 Å². The van der Waals surface area contributed by atoms with Gasteiger partial charge in [0.2, 0.25) is 0 Å². The number of nitrogens with two attached hydrogens (primary N) is 2. The first-order valence-corrected chi connectivity index (χ1v) is 6.95. The van der Waals surface area contributed by atoms with Gasteiger partial charge in [-0.1, -0.05) is 26.8 Å². The monoisotopic (exact) mass is 309 g/mol. The second kappa shape index (κ2) is 8.99. The van der Waals surface area contributed by atoms with Crippen molar-refractivity contribution in [3.05, 3.63) is 23.9 Å². The Bertz CT molecular complexity index is 471. The van der Waals surface area contributed by atoms with Gasteiger partial charge in [-0.3, -0.25) is 9.79 Å². The first kappa shape index (κ1) is 19.9. The molecule has 7 nitrogen and oxygen atoms in total. The largest absolute Gasteiger partial charge is 0.481 e. The number of hydrogen-bond acceptors (Lipinski definition) is 5. The Hall–Kier alpha value is -2.15. The van der Waals surface area contributed by atoms with Crippen molar-refractivity contribution in [2.45, 2.75) is 34.1 Å². The van der Waals surface area contributed by atoms with Gasteiger partial charge in [0.25, 0.3) is 0 Å². The Labute approximate surface area is 131 Å². The number of nitrogens with one attached hydrogen (secondary N) is 1. The molecule has 0 aliphatic rings. The lowest BCUT2D eigenvalue weighted by Crippen LogP contribution is -2.37. The third kappa shape index (κ3) is 7.58. The number of nitrogen functional groups attached to an aromatic ring is 1. The Balaban J connectivity index is 0.000000461. The number of anilines is 1. The minimum absolute atomic E-state index is 0.307. The molecule has 1 heterocycles. The summed E-state index contributed by atoms with van der Waals surface area (Å²) in [5, 5.41) is 9.03. The van der Waals surface area contributed by atoms with E-state index in [9.17, 15) is 4.79 Å². The number of aromatic nitrogens is 1. The lowest BCUT2D eigenvalue weighted by Gasteiger charge is -2.27. The van der Waals surface area contributed by atoms with Crippen molar-refractivity contribution in [2.75, 3.05) is 12.8 Å². The van der Waals surface area contributed by atoms with Gasteiger partial charge < -0.3 is 16.3 Å². The molecule has 6 N–H and O–H groups in total. The predicted octanol–water partition coefficient (Wildman–Crippen LogP) is 1.59. The maximum Gasteiger partial charge on any atom is 0.307 e. The maximum atomic E-state index is 11.0. The summed E-state index contributed by atoms with van der Waals surface area (Å²) in [5.41, 5.74) is 8.54. The topological polar surface area (TPSA) is 127 Å². The molecule has 0 aromatic carbocycles. The van der Waals surface area contributed by atoms with Crippen LogP contribution in [0.25, 0.3) is 0 Å². The molecule has 1 aromatic rings. The molecule has 1 aromatic heterocycles. The van der Waals surface area contributed by atoms with Crippen LogP contribution in [0.5, 0.6) is 0 Å². The van der Waals surface area contributed by atoms with Crippen LogP contribution in [-0.2, 0) is 4.79 Å². The number of hydrazine groups is 1. The zero-order valence-electron chi connectivity index (χ0n) is 13.9. The number of nitrogens with zero attached hydrogens (tertiary/aromatic N) is 2. The van der Waals surface area contributed by atoms with Crippen LogP contribution in [0.3, 0.4) is 0 Å². The summed E-state index contributed by atoms with van der Waals surface area (Å²) >= 11 is 0. The van der Waals surface area contributed by atoms with E-state index in [0.29, 0.717) is 18.1 Å². The second-order valence-corrected chi connectivity index (χ2v) is 6.04. The molecule has 0 unspecified atom stereocenters. The van der Waals surface area contributed by atoms with Gasteiger partial charge in [0.1, 0.15) is 11.7 Å². The molecule has 0 radical (unpaired) electrons. The standard InChI is InChI=1S/C9H19N3O2.C6H8N2/c1-9(2,3)6(8(13)14)5-7(11-4)12-10;1-5-2-3-6(7)8-4-5/h6H,5,10H2,1-4H3,(H,11,12)(H,13,14);2-4H,1H3,(H2,7,8)/t6-;/m0./s1. The molecule has 1 rings (SSSR count). The number of hydrogen-bond donors (Lipinski definition) is 4. The van der Waals surface area contributed by atoms with Crippen molar-refractivity contribution in [1.82, 2.24) is 10.4 Å². The quantitative estimate of drug-likeness (QED) is 0.291. The van der Waals surface area contributed by atoms with Crippen LogP contribution in [0.2, 0.25) is 0 Å². The normalized spacial score (nSPS) is 12.9. The highest BCUT2D eigenvalue weighted by Crippen LogP contribution is 2.28. The highest BCUT2D eigenvalue weighted by atomic mass is 16.4. The van der Waals surface area contributed by atoms with Gasteiger partial charge in [0, 0.05) is 19.7 Å². The van der Waals surface area contributed by atoms with E-state index in [2.05, 4.69) is 15.4 Å². The summed E-state index contributed by atoms with van der Waals surface area (Å²) in [6.07, 6.45) is 2.07. The van der Waals surface area contributed by atoms with Gasteiger partial charge >= 0.3 is 5.97 Å².